The third kappa shape index (κ3) is 4.36. The number of quaternary nitrogens is 1. The third-order valence-electron chi connectivity index (χ3n) is 6.45. The van der Waals surface area contributed by atoms with Gasteiger partial charge in [0.25, 0.3) is 0 Å². The number of nitrogens with two attached hydrogens (primary N) is 1. The van der Waals surface area contributed by atoms with E-state index in [1.165, 1.54) is 17.0 Å². The van der Waals surface area contributed by atoms with Crippen molar-refractivity contribution in [3.63, 3.8) is 0 Å². The van der Waals surface area contributed by atoms with Gasteiger partial charge >= 0.3 is 0 Å². The molecule has 3 aromatic carbocycles. The van der Waals surface area contributed by atoms with Crippen molar-refractivity contribution < 1.29 is 22.9 Å². The van der Waals surface area contributed by atoms with E-state index in [0.717, 1.165) is 35.7 Å². The number of nitrogens with one attached hydrogen (secondary N) is 1. The first-order valence-corrected chi connectivity index (χ1v) is 12.8. The van der Waals surface area contributed by atoms with E-state index in [-0.39, 0.29) is 29.6 Å². The highest BCUT2D eigenvalue weighted by Gasteiger charge is 2.37. The molecule has 172 valence electrons. The lowest BCUT2D eigenvalue weighted by molar-refractivity contribution is -0.676. The molecule has 9 heteroatoms. The predicted octanol–water partition coefficient (Wildman–Crippen LogP) is 3.11. The number of nitrogens with zero attached hydrogens (tertiary/aromatic N) is 1. The normalized spacial score (nSPS) is 21.3. The Morgan fingerprint density at radius 1 is 1.03 bits per heavy atom. The van der Waals surface area contributed by atoms with Crippen molar-refractivity contribution in [3.05, 3.63) is 71.0 Å². The molecule has 0 aromatic heterocycles. The number of rotatable bonds is 5. The first-order chi connectivity index (χ1) is 15.8. The van der Waals surface area contributed by atoms with Gasteiger partial charge in [0.2, 0.25) is 15.9 Å². The van der Waals surface area contributed by atoms with E-state index in [9.17, 15) is 17.6 Å². The van der Waals surface area contributed by atoms with Crippen LogP contribution in [0.25, 0.3) is 10.8 Å². The molecule has 3 N–H and O–H groups in total. The molecule has 6 nitrogen and oxygen atoms in total. The van der Waals surface area contributed by atoms with Gasteiger partial charge in [-0.3, -0.25) is 4.79 Å². The van der Waals surface area contributed by atoms with E-state index in [1.54, 1.807) is 36.4 Å². The number of sulfonamides is 1. The smallest absolute Gasteiger partial charge is 0.245 e. The van der Waals surface area contributed by atoms with E-state index in [2.05, 4.69) is 10.0 Å². The largest absolute Gasteiger partial charge is 0.340 e. The van der Waals surface area contributed by atoms with Gasteiger partial charge in [0.1, 0.15) is 17.9 Å². The summed E-state index contributed by atoms with van der Waals surface area (Å²) in [6.07, 6.45) is 2.37. The molecule has 0 bridgehead atoms. The zero-order chi connectivity index (χ0) is 23.2. The van der Waals surface area contributed by atoms with E-state index < -0.39 is 27.8 Å². The molecule has 0 saturated carbocycles. The number of anilines is 1. The van der Waals surface area contributed by atoms with Gasteiger partial charge in [0.15, 0.2) is 0 Å². The summed E-state index contributed by atoms with van der Waals surface area (Å²) in [6.45, 7) is 1.28. The molecule has 0 unspecified atom stereocenters. The summed E-state index contributed by atoms with van der Waals surface area (Å²) < 4.78 is 43.3. The fourth-order valence-electron chi connectivity index (χ4n) is 4.70. The Hall–Kier alpha value is -2.52. The lowest BCUT2D eigenvalue weighted by Gasteiger charge is -2.19. The highest BCUT2D eigenvalue weighted by Crippen LogP contribution is 2.29. The number of carbonyl (C=O) groups is 1. The maximum Gasteiger partial charge on any atom is 0.245 e. The van der Waals surface area contributed by atoms with Crippen molar-refractivity contribution in [2.75, 3.05) is 18.0 Å². The van der Waals surface area contributed by atoms with Crippen LogP contribution in [0.1, 0.15) is 30.9 Å². The molecule has 0 spiro atoms. The lowest BCUT2D eigenvalue weighted by Crippen LogP contribution is -2.81. The molecule has 33 heavy (non-hydrogen) atoms. The standard InChI is InChI=1S/C24H23ClFN3O3S/c25-18-6-3-16-13-19(7-4-15(16)12-18)33(31,32)28-22-9-11-29(24(22)30)23-8-5-17(14-20(23)26)21-2-1-10-27-21/h3-8,12-14,21-22,27-28H,1-2,9-11H2/p+1/t21-,22-/m0/s1. The SMILES string of the molecule is O=C1[C@@H](NS(=O)(=O)c2ccc3cc(Cl)ccc3c2)CCN1c1ccc([C@@H]2CCC[NH2+]2)cc1F. The van der Waals surface area contributed by atoms with Gasteiger partial charge in [-0.25, -0.2) is 12.8 Å². The Morgan fingerprint density at radius 2 is 1.82 bits per heavy atom. The number of amides is 1. The van der Waals surface area contributed by atoms with Crippen molar-refractivity contribution >= 4 is 44.0 Å². The molecular weight excluding hydrogens is 465 g/mol. The van der Waals surface area contributed by atoms with Crippen LogP contribution in [0.15, 0.2) is 59.5 Å². The van der Waals surface area contributed by atoms with Crippen LogP contribution in [-0.2, 0) is 14.8 Å². The van der Waals surface area contributed by atoms with Gasteiger partial charge in [-0.15, -0.1) is 0 Å². The second-order valence-corrected chi connectivity index (χ2v) is 10.7. The second kappa shape index (κ2) is 8.68. The van der Waals surface area contributed by atoms with Crippen molar-refractivity contribution in [2.45, 2.75) is 36.2 Å². The minimum Gasteiger partial charge on any atom is -0.340 e. The van der Waals surface area contributed by atoms with Gasteiger partial charge in [0, 0.05) is 30.0 Å². The first-order valence-electron chi connectivity index (χ1n) is 11.0. The maximum absolute atomic E-state index is 14.9. The molecular formula is C24H24ClFN3O3S+. The van der Waals surface area contributed by atoms with Crippen LogP contribution in [0.4, 0.5) is 10.1 Å². The van der Waals surface area contributed by atoms with Crippen LogP contribution in [0, 0.1) is 5.82 Å². The van der Waals surface area contributed by atoms with Crippen molar-refractivity contribution in [1.29, 1.82) is 0 Å². The zero-order valence-electron chi connectivity index (χ0n) is 17.8. The fourth-order valence-corrected chi connectivity index (χ4v) is 6.13. The summed E-state index contributed by atoms with van der Waals surface area (Å²) in [4.78, 5) is 14.4. The molecule has 2 aliphatic rings. The van der Waals surface area contributed by atoms with E-state index in [0.29, 0.717) is 5.02 Å². The molecule has 3 aromatic rings. The minimum atomic E-state index is -3.94. The molecule has 2 aliphatic heterocycles. The van der Waals surface area contributed by atoms with Gasteiger partial charge in [-0.1, -0.05) is 29.8 Å². The van der Waals surface area contributed by atoms with Gasteiger partial charge in [-0.05, 0) is 53.6 Å². The van der Waals surface area contributed by atoms with E-state index in [1.807, 2.05) is 6.07 Å². The number of halogens is 2. The Morgan fingerprint density at radius 3 is 2.58 bits per heavy atom. The molecule has 0 aliphatic carbocycles. The molecule has 2 atom stereocenters. The zero-order valence-corrected chi connectivity index (χ0v) is 19.4. The summed E-state index contributed by atoms with van der Waals surface area (Å²) >= 11 is 5.99. The first kappa shape index (κ1) is 22.3. The van der Waals surface area contributed by atoms with E-state index in [4.69, 9.17) is 11.6 Å². The van der Waals surface area contributed by atoms with Gasteiger partial charge < -0.3 is 10.2 Å². The molecule has 2 heterocycles. The highest BCUT2D eigenvalue weighted by molar-refractivity contribution is 7.89. The number of carbonyl (C=O) groups excluding carboxylic acids is 1. The van der Waals surface area contributed by atoms with Crippen molar-refractivity contribution in [3.8, 4) is 0 Å². The average molecular weight is 489 g/mol. The summed E-state index contributed by atoms with van der Waals surface area (Å²) in [5, 5.41) is 4.30. The lowest BCUT2D eigenvalue weighted by atomic mass is 10.0. The Balaban J connectivity index is 1.33. The quantitative estimate of drug-likeness (QED) is 0.579. The summed E-state index contributed by atoms with van der Waals surface area (Å²) in [7, 11) is -3.94. The average Bonchev–Trinajstić information content (AvgIpc) is 3.44. The topological polar surface area (TPSA) is 83.1 Å². The Bertz CT molecular complexity index is 1340. The highest BCUT2D eigenvalue weighted by atomic mass is 35.5. The van der Waals surface area contributed by atoms with Crippen LogP contribution in [0.3, 0.4) is 0 Å². The molecule has 2 saturated heterocycles. The fraction of sp³-hybridized carbons (Fsp3) is 0.292. The van der Waals surface area contributed by atoms with Gasteiger partial charge in [0.05, 0.1) is 17.1 Å². The molecule has 2 fully saturated rings. The second-order valence-electron chi connectivity index (χ2n) is 8.59. The van der Waals surface area contributed by atoms with Crippen LogP contribution in [-0.4, -0.2) is 33.5 Å². The van der Waals surface area contributed by atoms with E-state index >= 15 is 0 Å². The Kier molecular flexibility index (Phi) is 5.86. The maximum atomic E-state index is 14.9. The van der Waals surface area contributed by atoms with Crippen LogP contribution in [0.2, 0.25) is 5.02 Å². The summed E-state index contributed by atoms with van der Waals surface area (Å²) in [6, 6.07) is 14.2. The number of benzene rings is 3. The number of hydrogen-bond acceptors (Lipinski definition) is 3. The van der Waals surface area contributed by atoms with Crippen LogP contribution in [0.5, 0.6) is 0 Å². The molecule has 1 amide bonds. The summed E-state index contributed by atoms with van der Waals surface area (Å²) in [5.41, 5.74) is 1.10. The molecule has 0 radical (unpaired) electrons. The number of fused-ring (bicyclic) bond motifs is 1. The summed E-state index contributed by atoms with van der Waals surface area (Å²) in [5.74, 6) is -0.914. The van der Waals surface area contributed by atoms with Crippen LogP contribution >= 0.6 is 11.6 Å². The van der Waals surface area contributed by atoms with Crippen molar-refractivity contribution in [1.82, 2.24) is 4.72 Å². The third-order valence-corrected chi connectivity index (χ3v) is 8.15. The molecule has 5 rings (SSSR count). The number of hydrogen-bond donors (Lipinski definition) is 2. The Labute approximate surface area is 196 Å². The minimum absolute atomic E-state index is 0.0620. The monoisotopic (exact) mass is 488 g/mol. The van der Waals surface area contributed by atoms with Gasteiger partial charge in [-0.2, -0.15) is 4.72 Å². The predicted molar refractivity (Wildman–Crippen MR) is 125 cm³/mol. The van der Waals surface area contributed by atoms with Crippen LogP contribution < -0.4 is 14.9 Å². The van der Waals surface area contributed by atoms with Crippen molar-refractivity contribution in [2.24, 2.45) is 0 Å².